The second-order valence-corrected chi connectivity index (χ2v) is 11.4. The molecule has 0 aromatic heterocycles. The minimum absolute atomic E-state index is 0.125. The highest BCUT2D eigenvalue weighted by molar-refractivity contribution is 5.92. The van der Waals surface area contributed by atoms with E-state index in [1.54, 1.807) is 0 Å². The predicted octanol–water partition coefficient (Wildman–Crippen LogP) is 3.61. The number of amidine groups is 1. The molecule has 0 radical (unpaired) electrons. The summed E-state index contributed by atoms with van der Waals surface area (Å²) in [5.74, 6) is -0.169. The Balaban J connectivity index is 1.29. The van der Waals surface area contributed by atoms with Crippen molar-refractivity contribution in [1.29, 1.82) is 5.26 Å². The number of rotatable bonds is 5. The van der Waals surface area contributed by atoms with Gasteiger partial charge in [-0.3, -0.25) is 9.69 Å². The third-order valence-corrected chi connectivity index (χ3v) is 9.09. The smallest absolute Gasteiger partial charge is 0.309 e. The van der Waals surface area contributed by atoms with E-state index in [9.17, 15) is 23.9 Å². The zero-order valence-corrected chi connectivity index (χ0v) is 20.3. The van der Waals surface area contributed by atoms with Gasteiger partial charge in [-0.05, 0) is 75.8 Å². The number of nitrogens with one attached hydrogen (secondary N) is 1. The molecule has 35 heavy (non-hydrogen) atoms. The van der Waals surface area contributed by atoms with E-state index in [4.69, 9.17) is 0 Å². The number of benzene rings is 1. The summed E-state index contributed by atoms with van der Waals surface area (Å²) in [6, 6.07) is 3.79. The van der Waals surface area contributed by atoms with Gasteiger partial charge >= 0.3 is 5.97 Å². The Morgan fingerprint density at radius 3 is 2.40 bits per heavy atom. The number of hydrogen-bond acceptors (Lipinski definition) is 5. The van der Waals surface area contributed by atoms with E-state index < -0.39 is 28.6 Å². The maximum atomic E-state index is 14.3. The molecule has 4 bridgehead atoms. The highest BCUT2D eigenvalue weighted by atomic mass is 19.1. The van der Waals surface area contributed by atoms with Gasteiger partial charge in [0, 0.05) is 38.3 Å². The quantitative estimate of drug-likeness (QED) is 0.376. The van der Waals surface area contributed by atoms with Crippen molar-refractivity contribution in [3.63, 3.8) is 0 Å². The standard InChI is InChI=1S/C26H33F2N5O2/c1-25(2,33-7-5-32(6-8-33)21-4-3-19(27)11-20(21)28)23(30-15-29)31-22-17-9-16-10-18(22)14-26(12-16,13-17)24(34)35/h3-4,11,16-18,22H,5-10,12-14H2,1-2H3,(H,30,31)(H,34,35). The molecule has 4 saturated carbocycles. The van der Waals surface area contributed by atoms with Crippen molar-refractivity contribution < 1.29 is 18.7 Å². The van der Waals surface area contributed by atoms with Gasteiger partial charge < -0.3 is 15.3 Å². The molecule has 4 aliphatic carbocycles. The summed E-state index contributed by atoms with van der Waals surface area (Å²) in [4.78, 5) is 20.4. The number of aliphatic imine (C=N–C) groups is 1. The third kappa shape index (κ3) is 4.16. The maximum Gasteiger partial charge on any atom is 0.309 e. The number of aliphatic carboxylic acids is 1. The SMILES string of the molecule is CC(C)(/C(=N\C#N)NC1C2CC3CC1CC(C(=O)O)(C3)C2)N1CCN(c2ccc(F)cc2F)CC1. The van der Waals surface area contributed by atoms with E-state index in [0.717, 1.165) is 25.3 Å². The van der Waals surface area contributed by atoms with Crippen LogP contribution in [0.15, 0.2) is 23.2 Å². The number of carboxylic acids is 1. The largest absolute Gasteiger partial charge is 0.481 e. The molecule has 6 rings (SSSR count). The molecule has 2 unspecified atom stereocenters. The fourth-order valence-corrected chi connectivity index (χ4v) is 7.47. The molecule has 5 fully saturated rings. The zero-order chi connectivity index (χ0) is 25.0. The molecule has 5 aliphatic rings. The van der Waals surface area contributed by atoms with Crippen molar-refractivity contribution in [1.82, 2.24) is 10.2 Å². The van der Waals surface area contributed by atoms with Crippen molar-refractivity contribution in [2.24, 2.45) is 28.2 Å². The molecule has 2 atom stereocenters. The lowest BCUT2D eigenvalue weighted by Gasteiger charge is -2.59. The normalized spacial score (nSPS) is 33.0. The van der Waals surface area contributed by atoms with Crippen molar-refractivity contribution in [3.8, 4) is 6.19 Å². The second-order valence-electron chi connectivity index (χ2n) is 11.4. The summed E-state index contributed by atoms with van der Waals surface area (Å²) in [5.41, 5.74) is -0.737. The Morgan fingerprint density at radius 1 is 1.17 bits per heavy atom. The first-order valence-corrected chi connectivity index (χ1v) is 12.6. The summed E-state index contributed by atoms with van der Waals surface area (Å²) < 4.78 is 27.6. The third-order valence-electron chi connectivity index (χ3n) is 9.09. The van der Waals surface area contributed by atoms with Gasteiger partial charge in [0.25, 0.3) is 0 Å². The van der Waals surface area contributed by atoms with Crippen molar-refractivity contribution in [3.05, 3.63) is 29.8 Å². The number of nitrogens with zero attached hydrogens (tertiary/aromatic N) is 4. The van der Waals surface area contributed by atoms with Crippen molar-refractivity contribution in [2.45, 2.75) is 57.5 Å². The van der Waals surface area contributed by atoms with E-state index in [0.29, 0.717) is 56.5 Å². The van der Waals surface area contributed by atoms with Crippen molar-refractivity contribution >= 4 is 17.5 Å². The maximum absolute atomic E-state index is 14.3. The van der Waals surface area contributed by atoms with Crippen LogP contribution in [0.25, 0.3) is 0 Å². The number of carboxylic acid groups (broad SMARTS) is 1. The van der Waals surface area contributed by atoms with Gasteiger partial charge in [-0.1, -0.05) is 0 Å². The van der Waals surface area contributed by atoms with Crippen LogP contribution in [0.1, 0.15) is 46.0 Å². The lowest BCUT2D eigenvalue weighted by atomic mass is 9.48. The Hall–Kier alpha value is -2.73. The van der Waals surface area contributed by atoms with Gasteiger partial charge in [0.15, 0.2) is 0 Å². The number of hydrogen-bond donors (Lipinski definition) is 2. The molecule has 0 amide bonds. The molecular formula is C26H33F2N5O2. The second kappa shape index (κ2) is 8.74. The van der Waals surface area contributed by atoms with Gasteiger partial charge in [0.1, 0.15) is 17.5 Å². The molecule has 1 aliphatic heterocycles. The first-order chi connectivity index (χ1) is 16.6. The number of halogens is 2. The number of carbonyl (C=O) groups is 1. The van der Waals surface area contributed by atoms with Gasteiger partial charge in [0.2, 0.25) is 6.19 Å². The number of anilines is 1. The fourth-order valence-electron chi connectivity index (χ4n) is 7.47. The number of piperazine rings is 1. The summed E-state index contributed by atoms with van der Waals surface area (Å²) in [7, 11) is 0. The van der Waals surface area contributed by atoms with E-state index in [1.165, 1.54) is 12.1 Å². The highest BCUT2D eigenvalue weighted by Gasteiger charge is 2.59. The molecular weight excluding hydrogens is 452 g/mol. The lowest BCUT2D eigenvalue weighted by molar-refractivity contribution is -0.166. The lowest BCUT2D eigenvalue weighted by Crippen LogP contribution is -2.66. The Labute approximate surface area is 204 Å². The first-order valence-electron chi connectivity index (χ1n) is 12.6. The van der Waals surface area contributed by atoms with Crippen LogP contribution in [-0.2, 0) is 4.79 Å². The van der Waals surface area contributed by atoms with Gasteiger partial charge in [0.05, 0.1) is 16.6 Å². The van der Waals surface area contributed by atoms with Crippen LogP contribution in [0, 0.1) is 46.3 Å². The molecule has 1 aromatic carbocycles. The molecule has 9 heteroatoms. The van der Waals surface area contributed by atoms with Gasteiger partial charge in [-0.25, -0.2) is 8.78 Å². The summed E-state index contributed by atoms with van der Waals surface area (Å²) in [5, 5.41) is 23.0. The van der Waals surface area contributed by atoms with E-state index in [2.05, 4.69) is 15.2 Å². The monoisotopic (exact) mass is 485 g/mol. The molecule has 1 aromatic rings. The Morgan fingerprint density at radius 2 is 1.83 bits per heavy atom. The summed E-state index contributed by atoms with van der Waals surface area (Å²) in [6.45, 7) is 6.50. The topological polar surface area (TPSA) is 92.0 Å². The average Bonchev–Trinajstić information content (AvgIpc) is 2.80. The van der Waals surface area contributed by atoms with E-state index in [1.807, 2.05) is 24.9 Å². The van der Waals surface area contributed by atoms with E-state index in [-0.39, 0.29) is 17.9 Å². The average molecular weight is 486 g/mol. The van der Waals surface area contributed by atoms with Gasteiger partial charge in [-0.15, -0.1) is 0 Å². The highest BCUT2D eigenvalue weighted by Crippen LogP contribution is 2.60. The molecule has 1 saturated heterocycles. The van der Waals surface area contributed by atoms with Crippen LogP contribution >= 0.6 is 0 Å². The molecule has 1 heterocycles. The van der Waals surface area contributed by atoms with Crippen LogP contribution < -0.4 is 10.2 Å². The predicted molar refractivity (Wildman–Crippen MR) is 128 cm³/mol. The van der Waals surface area contributed by atoms with Gasteiger partial charge in [-0.2, -0.15) is 10.3 Å². The Bertz CT molecular complexity index is 1060. The summed E-state index contributed by atoms with van der Waals surface area (Å²) >= 11 is 0. The van der Waals surface area contributed by atoms with Crippen LogP contribution in [0.2, 0.25) is 0 Å². The van der Waals surface area contributed by atoms with Crippen LogP contribution in [-0.4, -0.2) is 59.6 Å². The molecule has 188 valence electrons. The molecule has 7 nitrogen and oxygen atoms in total. The van der Waals surface area contributed by atoms with Crippen LogP contribution in [0.4, 0.5) is 14.5 Å². The molecule has 0 spiro atoms. The molecule has 2 N–H and O–H groups in total. The van der Waals surface area contributed by atoms with Crippen molar-refractivity contribution in [2.75, 3.05) is 31.1 Å². The summed E-state index contributed by atoms with van der Waals surface area (Å²) in [6.07, 6.45) is 6.21. The first kappa shape index (κ1) is 24.0. The van der Waals surface area contributed by atoms with Crippen LogP contribution in [0.3, 0.4) is 0 Å². The van der Waals surface area contributed by atoms with E-state index >= 15 is 0 Å². The Kier molecular flexibility index (Phi) is 5.99. The fraction of sp³-hybridized carbons (Fsp3) is 0.654. The zero-order valence-electron chi connectivity index (χ0n) is 20.3. The minimum atomic E-state index is -0.656. The number of nitriles is 1. The van der Waals surface area contributed by atoms with Crippen LogP contribution in [0.5, 0.6) is 0 Å². The minimum Gasteiger partial charge on any atom is -0.481 e.